The third-order valence-corrected chi connectivity index (χ3v) is 2.64. The van der Waals surface area contributed by atoms with Crippen LogP contribution in [-0.4, -0.2) is 23.7 Å². The first-order chi connectivity index (χ1) is 8.45. The molecule has 18 heavy (non-hydrogen) atoms. The molecule has 2 N–H and O–H groups in total. The van der Waals surface area contributed by atoms with Crippen molar-refractivity contribution < 1.29 is 9.59 Å². The number of carbonyl (C=O) groups excluding carboxylic acids is 2. The fraction of sp³-hybridized carbons (Fsp3) is 0.385. The highest BCUT2D eigenvalue weighted by Crippen LogP contribution is 2.17. The monoisotopic (exact) mass is 268 g/mol. The van der Waals surface area contributed by atoms with E-state index in [-0.39, 0.29) is 11.8 Å². The number of halogens is 1. The van der Waals surface area contributed by atoms with Crippen LogP contribution in [0.25, 0.3) is 0 Å². The zero-order chi connectivity index (χ0) is 13.7. The summed E-state index contributed by atoms with van der Waals surface area (Å²) in [5, 5.41) is 4.83. The van der Waals surface area contributed by atoms with Crippen molar-refractivity contribution in [1.29, 1.82) is 0 Å². The fourth-order valence-corrected chi connectivity index (χ4v) is 1.49. The first kappa shape index (κ1) is 14.5. The second-order valence-corrected chi connectivity index (χ2v) is 4.65. The van der Waals surface area contributed by atoms with Crippen LogP contribution in [0.15, 0.2) is 18.2 Å². The minimum Gasteiger partial charge on any atom is -0.352 e. The van der Waals surface area contributed by atoms with Gasteiger partial charge >= 0.3 is 0 Å². The van der Waals surface area contributed by atoms with Crippen molar-refractivity contribution in [1.82, 2.24) is 5.32 Å². The molecule has 1 unspecified atom stereocenters. The van der Waals surface area contributed by atoms with Crippen LogP contribution in [0.2, 0.25) is 0 Å². The van der Waals surface area contributed by atoms with Gasteiger partial charge < -0.3 is 10.6 Å². The van der Waals surface area contributed by atoms with Crippen molar-refractivity contribution in [2.24, 2.45) is 0 Å². The summed E-state index contributed by atoms with van der Waals surface area (Å²) in [6.07, 6.45) is 0. The first-order valence-electron chi connectivity index (χ1n) is 5.79. The molecule has 0 aromatic heterocycles. The molecule has 2 amide bonds. The Kier molecular flexibility index (Phi) is 5.16. The standard InChI is InChI=1S/C13H17ClN2O2/c1-4-15-13(18)10-5-6-11(8(2)7-10)16-12(17)9(3)14/h5-7,9H,4H2,1-3H3,(H,15,18)(H,16,17). The third kappa shape index (κ3) is 3.74. The molecule has 0 radical (unpaired) electrons. The fourth-order valence-electron chi connectivity index (χ4n) is 1.44. The maximum atomic E-state index is 11.6. The summed E-state index contributed by atoms with van der Waals surface area (Å²) in [6, 6.07) is 5.11. The Morgan fingerprint density at radius 1 is 1.39 bits per heavy atom. The molecular formula is C13H17ClN2O2. The van der Waals surface area contributed by atoms with Gasteiger partial charge in [-0.25, -0.2) is 0 Å². The lowest BCUT2D eigenvalue weighted by Crippen LogP contribution is -2.23. The summed E-state index contributed by atoms with van der Waals surface area (Å²) in [7, 11) is 0. The number of alkyl halides is 1. The molecule has 0 heterocycles. The van der Waals surface area contributed by atoms with E-state index in [4.69, 9.17) is 11.6 Å². The van der Waals surface area contributed by atoms with Gasteiger partial charge in [-0.05, 0) is 44.5 Å². The van der Waals surface area contributed by atoms with Crippen molar-refractivity contribution in [3.63, 3.8) is 0 Å². The van der Waals surface area contributed by atoms with Crippen LogP contribution in [-0.2, 0) is 4.79 Å². The van der Waals surface area contributed by atoms with E-state index in [1.807, 2.05) is 13.8 Å². The molecule has 1 aromatic rings. The van der Waals surface area contributed by atoms with Crippen molar-refractivity contribution in [3.05, 3.63) is 29.3 Å². The summed E-state index contributed by atoms with van der Waals surface area (Å²) in [5.41, 5.74) is 2.07. The minimum absolute atomic E-state index is 0.121. The number of hydrogen-bond donors (Lipinski definition) is 2. The maximum absolute atomic E-state index is 11.6. The Hall–Kier alpha value is -1.55. The van der Waals surface area contributed by atoms with E-state index in [2.05, 4.69) is 10.6 Å². The van der Waals surface area contributed by atoms with Crippen LogP contribution in [0.1, 0.15) is 29.8 Å². The molecule has 0 aliphatic carbocycles. The Labute approximate surface area is 112 Å². The molecule has 4 nitrogen and oxygen atoms in total. The molecule has 1 rings (SSSR count). The van der Waals surface area contributed by atoms with Crippen LogP contribution >= 0.6 is 11.6 Å². The molecule has 98 valence electrons. The SMILES string of the molecule is CCNC(=O)c1ccc(NC(=O)C(C)Cl)c(C)c1. The maximum Gasteiger partial charge on any atom is 0.251 e. The highest BCUT2D eigenvalue weighted by molar-refractivity contribution is 6.32. The quantitative estimate of drug-likeness (QED) is 0.824. The zero-order valence-electron chi connectivity index (χ0n) is 10.7. The molecule has 0 aliphatic rings. The van der Waals surface area contributed by atoms with Gasteiger partial charge in [0, 0.05) is 17.8 Å². The predicted molar refractivity (Wildman–Crippen MR) is 73.1 cm³/mol. The van der Waals surface area contributed by atoms with E-state index < -0.39 is 5.38 Å². The normalized spacial score (nSPS) is 11.8. The Morgan fingerprint density at radius 2 is 2.06 bits per heavy atom. The number of hydrogen-bond acceptors (Lipinski definition) is 2. The van der Waals surface area contributed by atoms with Gasteiger partial charge in [0.25, 0.3) is 5.91 Å². The Morgan fingerprint density at radius 3 is 2.56 bits per heavy atom. The zero-order valence-corrected chi connectivity index (χ0v) is 11.5. The summed E-state index contributed by atoms with van der Waals surface area (Å²) in [4.78, 5) is 23.1. The van der Waals surface area contributed by atoms with E-state index in [0.29, 0.717) is 17.8 Å². The number of amides is 2. The highest BCUT2D eigenvalue weighted by Gasteiger charge is 2.12. The van der Waals surface area contributed by atoms with Gasteiger partial charge in [0.2, 0.25) is 5.91 Å². The van der Waals surface area contributed by atoms with E-state index in [9.17, 15) is 9.59 Å². The number of aryl methyl sites for hydroxylation is 1. The second kappa shape index (κ2) is 6.40. The first-order valence-corrected chi connectivity index (χ1v) is 6.23. The van der Waals surface area contributed by atoms with E-state index in [0.717, 1.165) is 5.56 Å². The van der Waals surface area contributed by atoms with E-state index in [1.54, 1.807) is 25.1 Å². The van der Waals surface area contributed by atoms with Gasteiger partial charge in [-0.2, -0.15) is 0 Å². The van der Waals surface area contributed by atoms with Gasteiger partial charge in [0.05, 0.1) is 0 Å². The molecule has 0 bridgehead atoms. The molecular weight excluding hydrogens is 252 g/mol. The molecule has 0 saturated heterocycles. The van der Waals surface area contributed by atoms with Gasteiger partial charge in [0.1, 0.15) is 5.38 Å². The van der Waals surface area contributed by atoms with Crippen molar-refractivity contribution >= 4 is 29.1 Å². The summed E-state index contributed by atoms with van der Waals surface area (Å²) in [6.45, 7) is 5.88. The third-order valence-electron chi connectivity index (χ3n) is 2.45. The highest BCUT2D eigenvalue weighted by atomic mass is 35.5. The average Bonchev–Trinajstić information content (AvgIpc) is 2.31. The van der Waals surface area contributed by atoms with E-state index in [1.165, 1.54) is 0 Å². The predicted octanol–water partition coefficient (Wildman–Crippen LogP) is 2.31. The lowest BCUT2D eigenvalue weighted by Gasteiger charge is -2.11. The van der Waals surface area contributed by atoms with Gasteiger partial charge in [-0.3, -0.25) is 9.59 Å². The van der Waals surface area contributed by atoms with Crippen LogP contribution < -0.4 is 10.6 Å². The molecule has 1 atom stereocenters. The molecule has 0 aliphatic heterocycles. The molecule has 0 fully saturated rings. The second-order valence-electron chi connectivity index (χ2n) is 3.99. The molecule has 0 spiro atoms. The Balaban J connectivity index is 2.86. The number of nitrogens with one attached hydrogen (secondary N) is 2. The number of rotatable bonds is 4. The van der Waals surface area contributed by atoms with E-state index >= 15 is 0 Å². The Bertz CT molecular complexity index is 458. The van der Waals surface area contributed by atoms with Gasteiger partial charge in [-0.15, -0.1) is 11.6 Å². The summed E-state index contributed by atoms with van der Waals surface area (Å²) >= 11 is 5.68. The minimum atomic E-state index is -0.590. The number of anilines is 1. The number of carbonyl (C=O) groups is 2. The van der Waals surface area contributed by atoms with Crippen LogP contribution in [0, 0.1) is 6.92 Å². The van der Waals surface area contributed by atoms with Gasteiger partial charge in [-0.1, -0.05) is 0 Å². The average molecular weight is 269 g/mol. The molecule has 1 aromatic carbocycles. The summed E-state index contributed by atoms with van der Waals surface area (Å²) in [5.74, 6) is -0.380. The largest absolute Gasteiger partial charge is 0.352 e. The lowest BCUT2D eigenvalue weighted by molar-refractivity contribution is -0.115. The number of benzene rings is 1. The van der Waals surface area contributed by atoms with Crippen molar-refractivity contribution in [2.45, 2.75) is 26.1 Å². The van der Waals surface area contributed by atoms with Crippen LogP contribution in [0.5, 0.6) is 0 Å². The lowest BCUT2D eigenvalue weighted by atomic mass is 10.1. The summed E-state index contributed by atoms with van der Waals surface area (Å²) < 4.78 is 0. The van der Waals surface area contributed by atoms with Crippen molar-refractivity contribution in [2.75, 3.05) is 11.9 Å². The van der Waals surface area contributed by atoms with Crippen molar-refractivity contribution in [3.8, 4) is 0 Å². The van der Waals surface area contributed by atoms with Gasteiger partial charge in [0.15, 0.2) is 0 Å². The molecule has 0 saturated carbocycles. The molecule has 5 heteroatoms. The van der Waals surface area contributed by atoms with Crippen LogP contribution in [0.4, 0.5) is 5.69 Å². The smallest absolute Gasteiger partial charge is 0.251 e. The topological polar surface area (TPSA) is 58.2 Å². The van der Waals surface area contributed by atoms with Crippen LogP contribution in [0.3, 0.4) is 0 Å².